The molecule has 0 radical (unpaired) electrons. The first kappa shape index (κ1) is 29.7. The van der Waals surface area contributed by atoms with Gasteiger partial charge in [-0.3, -0.25) is 0 Å². The van der Waals surface area contributed by atoms with E-state index in [4.69, 9.17) is 23.7 Å². The van der Waals surface area contributed by atoms with Crippen molar-refractivity contribution in [3.8, 4) is 0 Å². The van der Waals surface area contributed by atoms with Gasteiger partial charge in [-0.1, -0.05) is 84.9 Å². The standard InChI is InChI=1S/C34H30O9/c35-28-30(43-33(38)26-19-11-4-12-20-26)29(42-32(37)25-17-9-3-10-18-25)27(22-39-31(36)24-15-7-2-8-16-24)41-34(28)40-21-23-13-5-1-6-14-23/h1-20,27-30,34-35H,21-22H2/t27-,28-,29+,30-,34-/m1/s1. The number of hydrogen-bond donors (Lipinski definition) is 1. The Morgan fingerprint density at radius 1 is 0.605 bits per heavy atom. The summed E-state index contributed by atoms with van der Waals surface area (Å²) >= 11 is 0. The van der Waals surface area contributed by atoms with Gasteiger partial charge >= 0.3 is 17.9 Å². The number of carbonyl (C=O) groups excluding carboxylic acids is 3. The minimum atomic E-state index is -1.56. The lowest BCUT2D eigenvalue weighted by Gasteiger charge is -2.43. The van der Waals surface area contributed by atoms with E-state index < -0.39 is 55.2 Å². The molecule has 4 aromatic carbocycles. The van der Waals surface area contributed by atoms with E-state index in [9.17, 15) is 19.5 Å². The van der Waals surface area contributed by atoms with Gasteiger partial charge in [0.05, 0.1) is 23.3 Å². The second-order valence-electron chi connectivity index (χ2n) is 9.77. The minimum Gasteiger partial charge on any atom is -0.459 e. The van der Waals surface area contributed by atoms with Gasteiger partial charge in [-0.2, -0.15) is 0 Å². The summed E-state index contributed by atoms with van der Waals surface area (Å²) in [5, 5.41) is 11.4. The molecule has 9 heteroatoms. The van der Waals surface area contributed by atoms with E-state index in [1.165, 1.54) is 0 Å². The smallest absolute Gasteiger partial charge is 0.338 e. The van der Waals surface area contributed by atoms with Crippen molar-refractivity contribution in [3.05, 3.63) is 144 Å². The number of carbonyl (C=O) groups is 3. The van der Waals surface area contributed by atoms with Crippen LogP contribution in [0.1, 0.15) is 36.6 Å². The van der Waals surface area contributed by atoms with Crippen LogP contribution < -0.4 is 0 Å². The fourth-order valence-electron chi connectivity index (χ4n) is 4.54. The van der Waals surface area contributed by atoms with Crippen LogP contribution >= 0.6 is 0 Å². The summed E-state index contributed by atoms with van der Waals surface area (Å²) < 4.78 is 29.1. The maximum absolute atomic E-state index is 13.2. The van der Waals surface area contributed by atoms with Crippen molar-refractivity contribution < 1.29 is 43.2 Å². The molecule has 1 N–H and O–H groups in total. The molecule has 1 aliphatic rings. The van der Waals surface area contributed by atoms with Crippen LogP contribution in [0.15, 0.2) is 121 Å². The lowest BCUT2D eigenvalue weighted by Crippen LogP contribution is -2.62. The monoisotopic (exact) mass is 582 g/mol. The van der Waals surface area contributed by atoms with Gasteiger partial charge in [0, 0.05) is 0 Å². The first-order chi connectivity index (χ1) is 21.0. The molecule has 0 aliphatic carbocycles. The number of benzene rings is 4. The summed E-state index contributed by atoms with van der Waals surface area (Å²) in [7, 11) is 0. The Bertz CT molecular complexity index is 1480. The molecule has 43 heavy (non-hydrogen) atoms. The molecule has 0 amide bonds. The van der Waals surface area contributed by atoms with E-state index in [0.29, 0.717) is 5.56 Å². The molecule has 0 spiro atoms. The van der Waals surface area contributed by atoms with Crippen molar-refractivity contribution in [3.63, 3.8) is 0 Å². The lowest BCUT2D eigenvalue weighted by molar-refractivity contribution is -0.302. The predicted octanol–water partition coefficient (Wildman–Crippen LogP) is 4.60. The fraction of sp³-hybridized carbons (Fsp3) is 0.206. The van der Waals surface area contributed by atoms with Gasteiger partial charge in [-0.05, 0) is 42.0 Å². The van der Waals surface area contributed by atoms with Crippen molar-refractivity contribution in [2.75, 3.05) is 6.61 Å². The fourth-order valence-corrected chi connectivity index (χ4v) is 4.54. The number of rotatable bonds is 10. The Kier molecular flexibility index (Phi) is 9.91. The van der Waals surface area contributed by atoms with Crippen LogP contribution in [0.5, 0.6) is 0 Å². The quantitative estimate of drug-likeness (QED) is 0.212. The first-order valence-corrected chi connectivity index (χ1v) is 13.7. The molecule has 1 fully saturated rings. The number of ether oxygens (including phenoxy) is 5. The molecule has 5 rings (SSSR count). The largest absolute Gasteiger partial charge is 0.459 e. The summed E-state index contributed by atoms with van der Waals surface area (Å²) in [6, 6.07) is 34.0. The maximum Gasteiger partial charge on any atom is 0.338 e. The van der Waals surface area contributed by atoms with Crippen LogP contribution in [-0.2, 0) is 30.3 Å². The molecule has 1 heterocycles. The van der Waals surface area contributed by atoms with Crippen molar-refractivity contribution in [2.45, 2.75) is 37.3 Å². The van der Waals surface area contributed by atoms with Crippen LogP contribution in [-0.4, -0.2) is 60.3 Å². The van der Waals surface area contributed by atoms with Crippen molar-refractivity contribution in [2.24, 2.45) is 0 Å². The van der Waals surface area contributed by atoms with Gasteiger partial charge in [0.15, 0.2) is 18.5 Å². The zero-order valence-corrected chi connectivity index (χ0v) is 23.1. The lowest BCUT2D eigenvalue weighted by atomic mass is 9.98. The van der Waals surface area contributed by atoms with Gasteiger partial charge in [0.1, 0.15) is 18.8 Å². The average molecular weight is 583 g/mol. The normalized spacial score (nSPS) is 21.4. The number of aliphatic hydroxyl groups is 1. The van der Waals surface area contributed by atoms with Gasteiger partial charge in [-0.25, -0.2) is 14.4 Å². The molecule has 1 saturated heterocycles. The molecule has 4 aromatic rings. The highest BCUT2D eigenvalue weighted by molar-refractivity contribution is 5.91. The van der Waals surface area contributed by atoms with Crippen LogP contribution in [0.3, 0.4) is 0 Å². The Hall–Kier alpha value is -4.83. The first-order valence-electron chi connectivity index (χ1n) is 13.7. The zero-order chi connectivity index (χ0) is 30.0. The highest BCUT2D eigenvalue weighted by atomic mass is 16.7. The SMILES string of the molecule is O=C(OC[C@H]1O[C@@H](OCc2ccccc2)[C@H](O)[C@@H](OC(=O)c2ccccc2)[C@H]1OC(=O)c1ccccc1)c1ccccc1. The summed E-state index contributed by atoms with van der Waals surface area (Å²) in [6.07, 6.45) is -6.85. The molecule has 0 unspecified atom stereocenters. The Labute approximate surface area is 248 Å². The molecular weight excluding hydrogens is 552 g/mol. The maximum atomic E-state index is 13.2. The van der Waals surface area contributed by atoms with E-state index in [-0.39, 0.29) is 17.7 Å². The van der Waals surface area contributed by atoms with Gasteiger partial charge in [0.2, 0.25) is 0 Å². The average Bonchev–Trinajstić information content (AvgIpc) is 3.06. The van der Waals surface area contributed by atoms with Crippen molar-refractivity contribution >= 4 is 17.9 Å². The minimum absolute atomic E-state index is 0.0624. The Morgan fingerprint density at radius 3 is 1.56 bits per heavy atom. The topological polar surface area (TPSA) is 118 Å². The highest BCUT2D eigenvalue weighted by Crippen LogP contribution is 2.29. The summed E-state index contributed by atoms with van der Waals surface area (Å²) in [4.78, 5) is 39.1. The van der Waals surface area contributed by atoms with Crippen LogP contribution in [0.2, 0.25) is 0 Å². The third-order valence-electron chi connectivity index (χ3n) is 6.77. The Balaban J connectivity index is 1.43. The van der Waals surface area contributed by atoms with E-state index in [1.54, 1.807) is 91.0 Å². The third kappa shape index (κ3) is 7.72. The molecular formula is C34H30O9. The highest BCUT2D eigenvalue weighted by Gasteiger charge is 2.51. The van der Waals surface area contributed by atoms with Gasteiger partial charge in [0.25, 0.3) is 0 Å². The summed E-state index contributed by atoms with van der Waals surface area (Å²) in [5.41, 5.74) is 1.57. The summed E-state index contributed by atoms with van der Waals surface area (Å²) in [6.45, 7) is -0.329. The van der Waals surface area contributed by atoms with Crippen LogP contribution in [0.25, 0.3) is 0 Å². The molecule has 220 valence electrons. The second kappa shape index (κ2) is 14.4. The second-order valence-corrected chi connectivity index (χ2v) is 9.77. The molecule has 0 saturated carbocycles. The molecule has 5 atom stereocenters. The van der Waals surface area contributed by atoms with E-state index >= 15 is 0 Å². The molecule has 0 aromatic heterocycles. The predicted molar refractivity (Wildman–Crippen MR) is 154 cm³/mol. The number of aliphatic hydroxyl groups excluding tert-OH is 1. The zero-order valence-electron chi connectivity index (χ0n) is 23.1. The van der Waals surface area contributed by atoms with E-state index in [2.05, 4.69) is 0 Å². The number of hydrogen-bond acceptors (Lipinski definition) is 9. The number of esters is 3. The molecule has 0 bridgehead atoms. The van der Waals surface area contributed by atoms with Crippen LogP contribution in [0.4, 0.5) is 0 Å². The molecule has 1 aliphatic heterocycles. The third-order valence-corrected chi connectivity index (χ3v) is 6.77. The Morgan fingerprint density at radius 2 is 1.05 bits per heavy atom. The van der Waals surface area contributed by atoms with Gasteiger partial charge < -0.3 is 28.8 Å². The van der Waals surface area contributed by atoms with Crippen molar-refractivity contribution in [1.82, 2.24) is 0 Å². The van der Waals surface area contributed by atoms with E-state index in [0.717, 1.165) is 5.56 Å². The van der Waals surface area contributed by atoms with Crippen LogP contribution in [0, 0.1) is 0 Å². The van der Waals surface area contributed by atoms with Gasteiger partial charge in [-0.15, -0.1) is 0 Å². The van der Waals surface area contributed by atoms with Crippen molar-refractivity contribution in [1.29, 1.82) is 0 Å². The van der Waals surface area contributed by atoms with E-state index in [1.807, 2.05) is 30.3 Å². The molecule has 9 nitrogen and oxygen atoms in total. The summed E-state index contributed by atoms with van der Waals surface area (Å²) in [5.74, 6) is -2.14.